The smallest absolute Gasteiger partial charge is 0.220 e. The summed E-state index contributed by atoms with van der Waals surface area (Å²) in [5.41, 5.74) is 0.867. The summed E-state index contributed by atoms with van der Waals surface area (Å²) >= 11 is 5.65. The molecular formula is C14H16ClN3O2. The van der Waals surface area contributed by atoms with Gasteiger partial charge in [0.25, 0.3) is 0 Å². The van der Waals surface area contributed by atoms with E-state index in [2.05, 4.69) is 15.5 Å². The molecule has 0 bridgehead atoms. The van der Waals surface area contributed by atoms with E-state index in [1.165, 1.54) is 0 Å². The fourth-order valence-electron chi connectivity index (χ4n) is 1.88. The Kier molecular flexibility index (Phi) is 5.12. The van der Waals surface area contributed by atoms with E-state index in [0.717, 1.165) is 12.1 Å². The van der Waals surface area contributed by atoms with Gasteiger partial charge in [-0.05, 0) is 18.6 Å². The number of rotatable bonds is 6. The molecular weight excluding hydrogens is 278 g/mol. The molecule has 2 rings (SSSR count). The molecule has 1 unspecified atom stereocenters. The lowest BCUT2D eigenvalue weighted by Crippen LogP contribution is -2.28. The van der Waals surface area contributed by atoms with Crippen LogP contribution in [0.4, 0.5) is 0 Å². The summed E-state index contributed by atoms with van der Waals surface area (Å²) in [6, 6.07) is 7.22. The molecule has 0 aliphatic rings. The largest absolute Gasteiger partial charge is 0.360 e. The molecule has 0 spiro atoms. The first-order valence-corrected chi connectivity index (χ1v) is 6.88. The lowest BCUT2D eigenvalue weighted by atomic mass is 10.1. The van der Waals surface area contributed by atoms with Crippen molar-refractivity contribution < 1.29 is 9.32 Å². The molecule has 1 N–H and O–H groups in total. The molecule has 0 radical (unpaired) electrons. The van der Waals surface area contributed by atoms with E-state index in [4.69, 9.17) is 16.1 Å². The maximum absolute atomic E-state index is 11.9. The van der Waals surface area contributed by atoms with Crippen molar-refractivity contribution in [2.45, 2.75) is 32.2 Å². The second-order valence-corrected chi connectivity index (χ2v) is 4.79. The summed E-state index contributed by atoms with van der Waals surface area (Å²) in [4.78, 5) is 16.2. The first kappa shape index (κ1) is 14.5. The monoisotopic (exact) mass is 293 g/mol. The van der Waals surface area contributed by atoms with Crippen molar-refractivity contribution in [1.29, 1.82) is 0 Å². The lowest BCUT2D eigenvalue weighted by Gasteiger charge is -2.16. The maximum Gasteiger partial charge on any atom is 0.220 e. The van der Waals surface area contributed by atoms with Crippen LogP contribution in [0, 0.1) is 0 Å². The first-order valence-electron chi connectivity index (χ1n) is 6.50. The van der Waals surface area contributed by atoms with Gasteiger partial charge in [0.1, 0.15) is 5.76 Å². The fraction of sp³-hybridized carbons (Fsp3) is 0.357. The number of hydrogen-bond acceptors (Lipinski definition) is 4. The summed E-state index contributed by atoms with van der Waals surface area (Å²) in [6.45, 7) is 2.01. The average Bonchev–Trinajstić information content (AvgIpc) is 2.89. The van der Waals surface area contributed by atoms with Crippen molar-refractivity contribution in [2.24, 2.45) is 0 Å². The summed E-state index contributed by atoms with van der Waals surface area (Å²) < 4.78 is 4.96. The second-order valence-electron chi connectivity index (χ2n) is 4.40. The van der Waals surface area contributed by atoms with E-state index in [1.807, 2.05) is 25.1 Å². The third kappa shape index (κ3) is 4.06. The topological polar surface area (TPSA) is 68.0 Å². The van der Waals surface area contributed by atoms with Crippen molar-refractivity contribution in [1.82, 2.24) is 15.5 Å². The molecule has 1 atom stereocenters. The Balaban J connectivity index is 1.86. The Morgan fingerprint density at radius 1 is 1.50 bits per heavy atom. The van der Waals surface area contributed by atoms with Crippen LogP contribution in [0.5, 0.6) is 0 Å². The summed E-state index contributed by atoms with van der Waals surface area (Å²) in [5.74, 6) is 0.561. The van der Waals surface area contributed by atoms with Crippen LogP contribution in [0.2, 0.25) is 5.15 Å². The van der Waals surface area contributed by atoms with Crippen LogP contribution in [0.25, 0.3) is 0 Å². The number of hydrogen-bond donors (Lipinski definition) is 1. The minimum Gasteiger partial charge on any atom is -0.360 e. The van der Waals surface area contributed by atoms with Gasteiger partial charge in [-0.25, -0.2) is 0 Å². The minimum atomic E-state index is -0.0676. The molecule has 2 aromatic rings. The SMILES string of the molecule is CCC(NC(=O)CCc1cc(Cl)no1)c1ccccn1. The summed E-state index contributed by atoms with van der Waals surface area (Å²) in [5, 5.41) is 6.84. The summed E-state index contributed by atoms with van der Waals surface area (Å²) in [7, 11) is 0. The number of carbonyl (C=O) groups excluding carboxylic acids is 1. The van der Waals surface area contributed by atoms with Crippen molar-refractivity contribution in [2.75, 3.05) is 0 Å². The van der Waals surface area contributed by atoms with E-state index in [-0.39, 0.29) is 11.9 Å². The normalized spacial score (nSPS) is 12.1. The van der Waals surface area contributed by atoms with Gasteiger partial charge in [0.15, 0.2) is 5.15 Å². The zero-order valence-corrected chi connectivity index (χ0v) is 11.9. The predicted molar refractivity (Wildman–Crippen MR) is 75.2 cm³/mol. The van der Waals surface area contributed by atoms with Gasteiger partial charge in [-0.1, -0.05) is 29.7 Å². The Labute approximate surface area is 122 Å². The van der Waals surface area contributed by atoms with Gasteiger partial charge in [0, 0.05) is 25.1 Å². The van der Waals surface area contributed by atoms with Gasteiger partial charge in [-0.15, -0.1) is 0 Å². The number of nitrogens with one attached hydrogen (secondary N) is 1. The van der Waals surface area contributed by atoms with E-state index in [0.29, 0.717) is 23.8 Å². The van der Waals surface area contributed by atoms with E-state index < -0.39 is 0 Å². The number of nitrogens with zero attached hydrogens (tertiary/aromatic N) is 2. The highest BCUT2D eigenvalue weighted by Crippen LogP contribution is 2.14. The van der Waals surface area contributed by atoms with E-state index >= 15 is 0 Å². The minimum absolute atomic E-state index is 0.0463. The van der Waals surface area contributed by atoms with Crippen molar-refractivity contribution >= 4 is 17.5 Å². The van der Waals surface area contributed by atoms with Gasteiger partial charge >= 0.3 is 0 Å². The molecule has 2 heterocycles. The van der Waals surface area contributed by atoms with Crippen LogP contribution in [0.1, 0.15) is 37.3 Å². The van der Waals surface area contributed by atoms with Crippen molar-refractivity contribution in [3.05, 3.63) is 47.1 Å². The molecule has 0 aliphatic carbocycles. The molecule has 0 fully saturated rings. The number of pyridine rings is 1. The Morgan fingerprint density at radius 3 is 2.95 bits per heavy atom. The first-order chi connectivity index (χ1) is 9.69. The quantitative estimate of drug-likeness (QED) is 0.889. The molecule has 2 aromatic heterocycles. The highest BCUT2D eigenvalue weighted by atomic mass is 35.5. The highest BCUT2D eigenvalue weighted by molar-refractivity contribution is 6.29. The molecule has 1 amide bonds. The molecule has 0 aliphatic heterocycles. The third-order valence-corrected chi connectivity index (χ3v) is 3.10. The molecule has 20 heavy (non-hydrogen) atoms. The Morgan fingerprint density at radius 2 is 2.35 bits per heavy atom. The maximum atomic E-state index is 11.9. The zero-order chi connectivity index (χ0) is 14.4. The zero-order valence-electron chi connectivity index (χ0n) is 11.2. The standard InChI is InChI=1S/C14H16ClN3O2/c1-2-11(12-5-3-4-8-16-12)17-14(19)7-6-10-9-13(15)18-20-10/h3-5,8-9,11H,2,6-7H2,1H3,(H,17,19). The van der Waals surface area contributed by atoms with Crippen molar-refractivity contribution in [3.63, 3.8) is 0 Å². The molecule has 6 heteroatoms. The average molecular weight is 294 g/mol. The molecule has 0 aromatic carbocycles. The molecule has 0 saturated heterocycles. The van der Waals surface area contributed by atoms with Gasteiger partial charge in [-0.2, -0.15) is 0 Å². The van der Waals surface area contributed by atoms with Crippen LogP contribution < -0.4 is 5.32 Å². The van der Waals surface area contributed by atoms with Crippen LogP contribution in [-0.2, 0) is 11.2 Å². The van der Waals surface area contributed by atoms with E-state index in [9.17, 15) is 4.79 Å². The molecule has 5 nitrogen and oxygen atoms in total. The number of carbonyl (C=O) groups is 1. The van der Waals surface area contributed by atoms with Gasteiger partial charge < -0.3 is 9.84 Å². The number of halogens is 1. The van der Waals surface area contributed by atoms with Crippen LogP contribution in [-0.4, -0.2) is 16.0 Å². The number of amides is 1. The second kappa shape index (κ2) is 7.05. The van der Waals surface area contributed by atoms with Crippen LogP contribution >= 0.6 is 11.6 Å². The third-order valence-electron chi connectivity index (χ3n) is 2.92. The number of aromatic nitrogens is 2. The predicted octanol–water partition coefficient (Wildman–Crippen LogP) is 2.92. The van der Waals surface area contributed by atoms with Crippen LogP contribution in [0.3, 0.4) is 0 Å². The molecule has 0 saturated carbocycles. The van der Waals surface area contributed by atoms with Gasteiger partial charge in [-0.3, -0.25) is 9.78 Å². The van der Waals surface area contributed by atoms with E-state index in [1.54, 1.807) is 12.3 Å². The lowest BCUT2D eigenvalue weighted by molar-refractivity contribution is -0.121. The summed E-state index contributed by atoms with van der Waals surface area (Å²) in [6.07, 6.45) is 3.32. The van der Waals surface area contributed by atoms with Crippen LogP contribution in [0.15, 0.2) is 35.0 Å². The van der Waals surface area contributed by atoms with Gasteiger partial charge in [0.05, 0.1) is 11.7 Å². The number of aryl methyl sites for hydroxylation is 1. The Bertz CT molecular complexity index is 557. The van der Waals surface area contributed by atoms with Crippen molar-refractivity contribution in [3.8, 4) is 0 Å². The molecule has 106 valence electrons. The fourth-order valence-corrected chi connectivity index (χ4v) is 2.03. The van der Waals surface area contributed by atoms with Gasteiger partial charge in [0.2, 0.25) is 5.91 Å². The highest BCUT2D eigenvalue weighted by Gasteiger charge is 2.14. The Hall–Kier alpha value is -1.88.